The minimum Gasteiger partial charge on any atom is -0.343 e. The third-order valence-corrected chi connectivity index (χ3v) is 3.79. The predicted molar refractivity (Wildman–Crippen MR) is 80.5 cm³/mol. The molecule has 1 aliphatic rings. The monoisotopic (exact) mass is 300 g/mol. The second-order valence-electron chi connectivity index (χ2n) is 5.38. The van der Waals surface area contributed by atoms with Crippen molar-refractivity contribution in [3.63, 3.8) is 0 Å². The lowest BCUT2D eigenvalue weighted by atomic mass is 9.96. The zero-order valence-electron chi connectivity index (χ0n) is 11.7. The molecule has 0 spiro atoms. The molecule has 2 N–H and O–H groups in total. The number of carbonyl (C=O) groups is 1. The highest BCUT2D eigenvalue weighted by Gasteiger charge is 2.22. The van der Waals surface area contributed by atoms with E-state index in [0.29, 0.717) is 6.42 Å². The van der Waals surface area contributed by atoms with Crippen molar-refractivity contribution in [1.29, 1.82) is 0 Å². The van der Waals surface area contributed by atoms with E-state index in [-0.39, 0.29) is 36.1 Å². The Balaban J connectivity index is 0.00000200. The van der Waals surface area contributed by atoms with Gasteiger partial charge in [-0.05, 0) is 36.5 Å². The first-order valence-corrected chi connectivity index (χ1v) is 6.85. The van der Waals surface area contributed by atoms with Crippen LogP contribution in [-0.2, 0) is 4.79 Å². The largest absolute Gasteiger partial charge is 0.343 e. The van der Waals surface area contributed by atoms with Gasteiger partial charge in [-0.1, -0.05) is 19.1 Å². The average molecular weight is 301 g/mol. The van der Waals surface area contributed by atoms with E-state index in [9.17, 15) is 9.18 Å². The van der Waals surface area contributed by atoms with Crippen LogP contribution in [0.4, 0.5) is 4.39 Å². The molecule has 1 aliphatic heterocycles. The number of halogens is 2. The zero-order chi connectivity index (χ0) is 13.8. The highest BCUT2D eigenvalue weighted by Crippen LogP contribution is 2.21. The van der Waals surface area contributed by atoms with Crippen LogP contribution in [0, 0.1) is 5.82 Å². The van der Waals surface area contributed by atoms with Crippen LogP contribution in [0.5, 0.6) is 0 Å². The molecule has 0 bridgehead atoms. The lowest BCUT2D eigenvalue weighted by Gasteiger charge is -2.31. The van der Waals surface area contributed by atoms with E-state index in [1.54, 1.807) is 6.07 Å². The van der Waals surface area contributed by atoms with E-state index in [1.807, 2.05) is 17.9 Å². The van der Waals surface area contributed by atoms with Gasteiger partial charge in [0.25, 0.3) is 0 Å². The summed E-state index contributed by atoms with van der Waals surface area (Å²) in [5.41, 5.74) is 6.70. The van der Waals surface area contributed by atoms with Gasteiger partial charge in [0.1, 0.15) is 5.82 Å². The Morgan fingerprint density at radius 2 is 2.10 bits per heavy atom. The maximum absolute atomic E-state index is 13.2. The molecule has 1 saturated heterocycles. The van der Waals surface area contributed by atoms with E-state index in [0.717, 1.165) is 31.5 Å². The number of nitrogens with two attached hydrogens (primary N) is 1. The van der Waals surface area contributed by atoms with Crippen molar-refractivity contribution in [3.05, 3.63) is 35.6 Å². The van der Waals surface area contributed by atoms with Crippen LogP contribution in [0.2, 0.25) is 0 Å². The van der Waals surface area contributed by atoms with Gasteiger partial charge in [-0.15, -0.1) is 12.4 Å². The van der Waals surface area contributed by atoms with Crippen molar-refractivity contribution in [2.75, 3.05) is 13.1 Å². The van der Waals surface area contributed by atoms with E-state index in [2.05, 4.69) is 0 Å². The van der Waals surface area contributed by atoms with Crippen molar-refractivity contribution in [3.8, 4) is 0 Å². The fourth-order valence-electron chi connectivity index (χ4n) is 2.47. The number of hydrogen-bond donors (Lipinski definition) is 1. The average Bonchev–Trinajstić information content (AvgIpc) is 2.39. The molecule has 1 fully saturated rings. The first kappa shape index (κ1) is 16.9. The van der Waals surface area contributed by atoms with Crippen LogP contribution in [0.15, 0.2) is 24.3 Å². The molecule has 1 unspecified atom stereocenters. The molecule has 0 radical (unpaired) electrons. The van der Waals surface area contributed by atoms with Gasteiger partial charge in [0.05, 0.1) is 0 Å². The van der Waals surface area contributed by atoms with Gasteiger partial charge < -0.3 is 10.6 Å². The molecule has 1 aromatic carbocycles. The van der Waals surface area contributed by atoms with E-state index < -0.39 is 0 Å². The molecule has 3 nitrogen and oxygen atoms in total. The van der Waals surface area contributed by atoms with Crippen LogP contribution < -0.4 is 5.73 Å². The summed E-state index contributed by atoms with van der Waals surface area (Å²) in [5.74, 6) is -0.0665. The Morgan fingerprint density at radius 1 is 1.45 bits per heavy atom. The molecule has 0 saturated carbocycles. The summed E-state index contributed by atoms with van der Waals surface area (Å²) in [6, 6.07) is 6.71. The summed E-state index contributed by atoms with van der Waals surface area (Å²) in [6.45, 7) is 3.45. The number of piperidine rings is 1. The molecule has 0 aromatic heterocycles. The fourth-order valence-corrected chi connectivity index (χ4v) is 2.47. The summed E-state index contributed by atoms with van der Waals surface area (Å²) < 4.78 is 13.2. The van der Waals surface area contributed by atoms with Crippen molar-refractivity contribution in [2.45, 2.75) is 38.1 Å². The second-order valence-corrected chi connectivity index (χ2v) is 5.38. The Labute approximate surface area is 125 Å². The lowest BCUT2D eigenvalue weighted by Crippen LogP contribution is -2.43. The summed E-state index contributed by atoms with van der Waals surface area (Å²) >= 11 is 0. The molecule has 1 atom stereocenters. The number of hydrogen-bond acceptors (Lipinski definition) is 2. The highest BCUT2D eigenvalue weighted by atomic mass is 35.5. The minimum absolute atomic E-state index is 0. The van der Waals surface area contributed by atoms with E-state index in [1.165, 1.54) is 12.1 Å². The first-order chi connectivity index (χ1) is 9.06. The Morgan fingerprint density at radius 3 is 2.70 bits per heavy atom. The van der Waals surface area contributed by atoms with Crippen LogP contribution in [0.1, 0.15) is 37.7 Å². The van der Waals surface area contributed by atoms with Gasteiger partial charge >= 0.3 is 0 Å². The van der Waals surface area contributed by atoms with Crippen LogP contribution >= 0.6 is 12.4 Å². The number of likely N-dealkylation sites (tertiary alicyclic amines) is 1. The predicted octanol–water partition coefficient (Wildman–Crippen LogP) is 2.69. The van der Waals surface area contributed by atoms with E-state index >= 15 is 0 Å². The summed E-state index contributed by atoms with van der Waals surface area (Å²) in [7, 11) is 0. The molecule has 112 valence electrons. The SMILES string of the molecule is CC(CC(=O)N1CCC(N)CC1)c1cccc(F)c1.Cl. The molecular weight excluding hydrogens is 279 g/mol. The molecule has 1 heterocycles. The van der Waals surface area contributed by atoms with Crippen molar-refractivity contribution < 1.29 is 9.18 Å². The van der Waals surface area contributed by atoms with Gasteiger partial charge in [0, 0.05) is 25.6 Å². The Kier molecular flexibility index (Phi) is 6.43. The molecule has 5 heteroatoms. The summed E-state index contributed by atoms with van der Waals surface area (Å²) in [6.07, 6.45) is 2.18. The molecule has 0 aliphatic carbocycles. The van der Waals surface area contributed by atoms with Gasteiger partial charge in [-0.3, -0.25) is 4.79 Å². The normalized spacial score (nSPS) is 17.4. The summed E-state index contributed by atoms with van der Waals surface area (Å²) in [4.78, 5) is 14.0. The quantitative estimate of drug-likeness (QED) is 0.933. The number of carbonyl (C=O) groups excluding carboxylic acids is 1. The Hall–Kier alpha value is -1.13. The molecule has 1 amide bonds. The maximum atomic E-state index is 13.2. The summed E-state index contributed by atoms with van der Waals surface area (Å²) in [5, 5.41) is 0. The van der Waals surface area contributed by atoms with Crippen LogP contribution in [-0.4, -0.2) is 29.9 Å². The lowest BCUT2D eigenvalue weighted by molar-refractivity contribution is -0.132. The third kappa shape index (κ3) is 4.46. The van der Waals surface area contributed by atoms with Crippen LogP contribution in [0.3, 0.4) is 0 Å². The molecule has 2 rings (SSSR count). The maximum Gasteiger partial charge on any atom is 0.223 e. The fraction of sp³-hybridized carbons (Fsp3) is 0.533. The number of benzene rings is 1. The standard InChI is InChI=1S/C15H21FN2O.ClH/c1-11(12-3-2-4-13(16)10-12)9-15(19)18-7-5-14(17)6-8-18;/h2-4,10-11,14H,5-9,17H2,1H3;1H. The highest BCUT2D eigenvalue weighted by molar-refractivity contribution is 5.85. The smallest absolute Gasteiger partial charge is 0.223 e. The number of nitrogens with zero attached hydrogens (tertiary/aromatic N) is 1. The minimum atomic E-state index is -0.249. The second kappa shape index (κ2) is 7.60. The van der Waals surface area contributed by atoms with Gasteiger partial charge in [-0.25, -0.2) is 4.39 Å². The van der Waals surface area contributed by atoms with Crippen molar-refractivity contribution >= 4 is 18.3 Å². The third-order valence-electron chi connectivity index (χ3n) is 3.79. The van der Waals surface area contributed by atoms with Gasteiger partial charge in [0.2, 0.25) is 5.91 Å². The number of amides is 1. The zero-order valence-corrected chi connectivity index (χ0v) is 12.5. The Bertz CT molecular complexity index is 447. The molecule has 1 aromatic rings. The van der Waals surface area contributed by atoms with E-state index in [4.69, 9.17) is 5.73 Å². The molecular formula is C15H22ClFN2O. The van der Waals surface area contributed by atoms with Crippen molar-refractivity contribution in [1.82, 2.24) is 4.90 Å². The van der Waals surface area contributed by atoms with Gasteiger partial charge in [-0.2, -0.15) is 0 Å². The molecule has 20 heavy (non-hydrogen) atoms. The topological polar surface area (TPSA) is 46.3 Å². The first-order valence-electron chi connectivity index (χ1n) is 6.85. The van der Waals surface area contributed by atoms with Crippen LogP contribution in [0.25, 0.3) is 0 Å². The number of rotatable bonds is 3. The van der Waals surface area contributed by atoms with Gasteiger partial charge in [0.15, 0.2) is 0 Å². The van der Waals surface area contributed by atoms with Crippen molar-refractivity contribution in [2.24, 2.45) is 5.73 Å².